The number of aromatic carboxylic acids is 1. The maximum absolute atomic E-state index is 13.5. The van der Waals surface area contributed by atoms with Gasteiger partial charge >= 0.3 is 5.97 Å². The molecule has 0 aliphatic rings. The van der Waals surface area contributed by atoms with E-state index >= 15 is 0 Å². The first kappa shape index (κ1) is 14.8. The molecular weight excluding hydrogens is 280 g/mol. The Bertz CT molecular complexity index is 674. The van der Waals surface area contributed by atoms with Crippen molar-refractivity contribution in [2.24, 2.45) is 0 Å². The molecular formula is C15H13F2NO3. The van der Waals surface area contributed by atoms with Crippen molar-refractivity contribution in [3.05, 3.63) is 59.2 Å². The number of carbonyl (C=O) groups is 1. The molecule has 0 fully saturated rings. The van der Waals surface area contributed by atoms with Gasteiger partial charge in [0.05, 0.1) is 18.4 Å². The van der Waals surface area contributed by atoms with Crippen LogP contribution in [-0.4, -0.2) is 18.2 Å². The van der Waals surface area contributed by atoms with Crippen molar-refractivity contribution in [1.82, 2.24) is 0 Å². The molecule has 0 saturated heterocycles. The molecule has 0 aliphatic heterocycles. The number of methoxy groups -OCH3 is 1. The monoisotopic (exact) mass is 293 g/mol. The van der Waals surface area contributed by atoms with Crippen molar-refractivity contribution in [3.8, 4) is 5.75 Å². The zero-order chi connectivity index (χ0) is 15.4. The van der Waals surface area contributed by atoms with Gasteiger partial charge in [0, 0.05) is 18.2 Å². The predicted octanol–water partition coefficient (Wildman–Crippen LogP) is 3.28. The standard InChI is InChI=1S/C15H13F2NO3/c1-21-11-3-4-12(15(19)20)14(7-11)18-8-9-6-10(16)2-5-13(9)17/h2-7,18H,8H2,1H3,(H,19,20). The maximum atomic E-state index is 13.5. The zero-order valence-corrected chi connectivity index (χ0v) is 11.2. The largest absolute Gasteiger partial charge is 0.497 e. The van der Waals surface area contributed by atoms with Gasteiger partial charge in [0.15, 0.2) is 0 Å². The van der Waals surface area contributed by atoms with Gasteiger partial charge in [-0.2, -0.15) is 0 Å². The normalized spacial score (nSPS) is 10.2. The summed E-state index contributed by atoms with van der Waals surface area (Å²) in [7, 11) is 1.45. The molecule has 0 saturated carbocycles. The molecule has 0 aromatic heterocycles. The van der Waals surface area contributed by atoms with Crippen molar-refractivity contribution in [3.63, 3.8) is 0 Å². The number of carboxylic acid groups (broad SMARTS) is 1. The summed E-state index contributed by atoms with van der Waals surface area (Å²) in [6.07, 6.45) is 0. The molecule has 0 spiro atoms. The summed E-state index contributed by atoms with van der Waals surface area (Å²) < 4.78 is 31.6. The lowest BCUT2D eigenvalue weighted by molar-refractivity contribution is 0.0698. The molecule has 0 unspecified atom stereocenters. The molecule has 2 aromatic carbocycles. The van der Waals surface area contributed by atoms with E-state index < -0.39 is 17.6 Å². The topological polar surface area (TPSA) is 58.6 Å². The molecule has 0 bridgehead atoms. The summed E-state index contributed by atoms with van der Waals surface area (Å²) >= 11 is 0. The first-order valence-electron chi connectivity index (χ1n) is 6.10. The van der Waals surface area contributed by atoms with Crippen LogP contribution in [0.5, 0.6) is 5.75 Å². The average molecular weight is 293 g/mol. The second-order valence-corrected chi connectivity index (χ2v) is 4.31. The van der Waals surface area contributed by atoms with E-state index in [4.69, 9.17) is 9.84 Å². The molecule has 2 aromatic rings. The SMILES string of the molecule is COc1ccc(C(=O)O)c(NCc2cc(F)ccc2F)c1. The Morgan fingerprint density at radius 3 is 2.67 bits per heavy atom. The van der Waals surface area contributed by atoms with Gasteiger partial charge in [-0.25, -0.2) is 13.6 Å². The molecule has 0 radical (unpaired) electrons. The van der Waals surface area contributed by atoms with Gasteiger partial charge in [-0.15, -0.1) is 0 Å². The van der Waals surface area contributed by atoms with E-state index in [0.717, 1.165) is 18.2 Å². The van der Waals surface area contributed by atoms with Crippen molar-refractivity contribution >= 4 is 11.7 Å². The third-order valence-corrected chi connectivity index (χ3v) is 2.93. The highest BCUT2D eigenvalue weighted by Gasteiger charge is 2.12. The van der Waals surface area contributed by atoms with Crippen molar-refractivity contribution in [2.45, 2.75) is 6.54 Å². The van der Waals surface area contributed by atoms with Crippen molar-refractivity contribution in [1.29, 1.82) is 0 Å². The molecule has 6 heteroatoms. The van der Waals surface area contributed by atoms with Gasteiger partial charge in [-0.05, 0) is 30.3 Å². The zero-order valence-electron chi connectivity index (χ0n) is 11.2. The summed E-state index contributed by atoms with van der Waals surface area (Å²) in [6.45, 7) is -0.0446. The van der Waals surface area contributed by atoms with E-state index in [1.807, 2.05) is 0 Å². The minimum absolute atomic E-state index is 0.0209. The van der Waals surface area contributed by atoms with Gasteiger partial charge in [0.2, 0.25) is 0 Å². The van der Waals surface area contributed by atoms with Gasteiger partial charge in [-0.1, -0.05) is 0 Å². The summed E-state index contributed by atoms with van der Waals surface area (Å²) in [5.41, 5.74) is 0.396. The molecule has 4 nitrogen and oxygen atoms in total. The van der Waals surface area contributed by atoms with Crippen LogP contribution < -0.4 is 10.1 Å². The quantitative estimate of drug-likeness (QED) is 0.888. The number of anilines is 1. The van der Waals surface area contributed by atoms with E-state index in [1.165, 1.54) is 25.3 Å². The van der Waals surface area contributed by atoms with Crippen LogP contribution in [0.25, 0.3) is 0 Å². The highest BCUT2D eigenvalue weighted by molar-refractivity contribution is 5.94. The fourth-order valence-electron chi connectivity index (χ4n) is 1.85. The van der Waals surface area contributed by atoms with Gasteiger partial charge < -0.3 is 15.2 Å². The third-order valence-electron chi connectivity index (χ3n) is 2.93. The number of carboxylic acids is 1. The number of nitrogens with one attached hydrogen (secondary N) is 1. The highest BCUT2D eigenvalue weighted by Crippen LogP contribution is 2.23. The first-order valence-corrected chi connectivity index (χ1v) is 6.10. The maximum Gasteiger partial charge on any atom is 0.337 e. The number of rotatable bonds is 5. The summed E-state index contributed by atoms with van der Waals surface area (Å²) in [6, 6.07) is 7.48. The van der Waals surface area contributed by atoms with Crippen LogP contribution >= 0.6 is 0 Å². The smallest absolute Gasteiger partial charge is 0.337 e. The van der Waals surface area contributed by atoms with Gasteiger partial charge in [0.1, 0.15) is 17.4 Å². The van der Waals surface area contributed by atoms with E-state index in [1.54, 1.807) is 0 Å². The van der Waals surface area contributed by atoms with E-state index in [9.17, 15) is 13.6 Å². The Balaban J connectivity index is 2.26. The van der Waals surface area contributed by atoms with Crippen LogP contribution in [-0.2, 0) is 6.54 Å². The Hall–Kier alpha value is -2.63. The van der Waals surface area contributed by atoms with Crippen molar-refractivity contribution < 1.29 is 23.4 Å². The average Bonchev–Trinajstić information content (AvgIpc) is 2.47. The van der Waals surface area contributed by atoms with Crippen LogP contribution in [0.15, 0.2) is 36.4 Å². The summed E-state index contributed by atoms with van der Waals surface area (Å²) in [5.74, 6) is -1.79. The number of hydrogen-bond donors (Lipinski definition) is 2. The molecule has 0 heterocycles. The minimum Gasteiger partial charge on any atom is -0.497 e. The molecule has 0 amide bonds. The lowest BCUT2D eigenvalue weighted by atomic mass is 10.1. The molecule has 2 N–H and O–H groups in total. The number of halogens is 2. The lowest BCUT2D eigenvalue weighted by Crippen LogP contribution is -2.08. The second kappa shape index (κ2) is 6.21. The number of ether oxygens (including phenoxy) is 1. The highest BCUT2D eigenvalue weighted by atomic mass is 19.1. The second-order valence-electron chi connectivity index (χ2n) is 4.31. The fraction of sp³-hybridized carbons (Fsp3) is 0.133. The van der Waals surface area contributed by atoms with Crippen LogP contribution in [0.3, 0.4) is 0 Å². The molecule has 0 aliphatic carbocycles. The molecule has 21 heavy (non-hydrogen) atoms. The van der Waals surface area contributed by atoms with E-state index in [0.29, 0.717) is 5.75 Å². The van der Waals surface area contributed by atoms with Crippen LogP contribution in [0.2, 0.25) is 0 Å². The fourth-order valence-corrected chi connectivity index (χ4v) is 1.85. The third kappa shape index (κ3) is 3.47. The first-order chi connectivity index (χ1) is 10.0. The molecule has 110 valence electrons. The van der Waals surface area contributed by atoms with Crippen LogP contribution in [0, 0.1) is 11.6 Å². The van der Waals surface area contributed by atoms with Gasteiger partial charge in [0.25, 0.3) is 0 Å². The predicted molar refractivity (Wildman–Crippen MR) is 73.6 cm³/mol. The summed E-state index contributed by atoms with van der Waals surface area (Å²) in [5, 5.41) is 11.9. The Labute approximate surface area is 120 Å². The van der Waals surface area contributed by atoms with Crippen molar-refractivity contribution in [2.75, 3.05) is 12.4 Å². The Morgan fingerprint density at radius 2 is 2.00 bits per heavy atom. The Morgan fingerprint density at radius 1 is 1.24 bits per heavy atom. The number of hydrogen-bond acceptors (Lipinski definition) is 3. The van der Waals surface area contributed by atoms with Crippen LogP contribution in [0.4, 0.5) is 14.5 Å². The molecule has 0 atom stereocenters. The lowest BCUT2D eigenvalue weighted by Gasteiger charge is -2.12. The summed E-state index contributed by atoms with van der Waals surface area (Å²) in [4.78, 5) is 11.1. The van der Waals surface area contributed by atoms with E-state index in [-0.39, 0.29) is 23.4 Å². The molecule has 2 rings (SSSR count). The van der Waals surface area contributed by atoms with Gasteiger partial charge in [-0.3, -0.25) is 0 Å². The van der Waals surface area contributed by atoms with E-state index in [2.05, 4.69) is 5.32 Å². The number of benzene rings is 2. The van der Waals surface area contributed by atoms with Crippen LogP contribution in [0.1, 0.15) is 15.9 Å². The minimum atomic E-state index is -1.13. The Kier molecular flexibility index (Phi) is 4.37.